The van der Waals surface area contributed by atoms with Crippen LogP contribution in [0.5, 0.6) is 5.75 Å². The van der Waals surface area contributed by atoms with E-state index in [0.717, 1.165) is 38.0 Å². The number of nitrogens with zero attached hydrogens (tertiary/aromatic N) is 1. The van der Waals surface area contributed by atoms with Crippen molar-refractivity contribution in [2.45, 2.75) is 77.7 Å². The second kappa shape index (κ2) is 11.2. The highest BCUT2D eigenvalue weighted by Crippen LogP contribution is 2.39. The minimum Gasteiger partial charge on any atom is -0.493 e. The van der Waals surface area contributed by atoms with Crippen LogP contribution in [0.4, 0.5) is 0 Å². The normalized spacial score (nSPS) is 27.6. The molecule has 1 N–H and O–H groups in total. The molecule has 1 aromatic rings. The number of ether oxygens (including phenoxy) is 1. The van der Waals surface area contributed by atoms with Crippen molar-refractivity contribution in [3.8, 4) is 5.75 Å². The van der Waals surface area contributed by atoms with Crippen molar-refractivity contribution in [2.75, 3.05) is 20.3 Å². The largest absolute Gasteiger partial charge is 0.493 e. The molecule has 4 unspecified atom stereocenters. The molecular formula is C26H41NO3. The fourth-order valence-corrected chi connectivity index (χ4v) is 5.80. The Balaban J connectivity index is 1.68. The number of aliphatic hydroxyl groups is 1. The monoisotopic (exact) mass is 415 g/mol. The zero-order chi connectivity index (χ0) is 21.5. The first kappa shape index (κ1) is 23.1. The number of carbonyl (C=O) groups is 1. The molecule has 0 bridgehead atoms. The van der Waals surface area contributed by atoms with E-state index in [0.29, 0.717) is 23.3 Å². The summed E-state index contributed by atoms with van der Waals surface area (Å²) in [7, 11) is 1.92. The molecule has 1 amide bonds. The van der Waals surface area contributed by atoms with Gasteiger partial charge >= 0.3 is 0 Å². The minimum absolute atomic E-state index is 0.0370. The first-order chi connectivity index (χ1) is 14.6. The summed E-state index contributed by atoms with van der Waals surface area (Å²) in [6, 6.07) is 7.76. The molecule has 4 nitrogen and oxygen atoms in total. The van der Waals surface area contributed by atoms with Gasteiger partial charge in [-0.2, -0.15) is 0 Å². The zero-order valence-electron chi connectivity index (χ0n) is 19.2. The summed E-state index contributed by atoms with van der Waals surface area (Å²) in [5.74, 6) is 2.73. The molecule has 2 fully saturated rings. The van der Waals surface area contributed by atoms with E-state index < -0.39 is 0 Å². The molecule has 0 aliphatic heterocycles. The average Bonchev–Trinajstić information content (AvgIpc) is 2.81. The van der Waals surface area contributed by atoms with E-state index in [9.17, 15) is 9.90 Å². The van der Waals surface area contributed by atoms with Gasteiger partial charge in [0.2, 0.25) is 0 Å². The van der Waals surface area contributed by atoms with Crippen LogP contribution >= 0.6 is 0 Å². The van der Waals surface area contributed by atoms with Crippen LogP contribution in [0.15, 0.2) is 24.3 Å². The predicted molar refractivity (Wildman–Crippen MR) is 122 cm³/mol. The number of aliphatic hydroxyl groups excluding tert-OH is 1. The third kappa shape index (κ3) is 5.57. The summed E-state index contributed by atoms with van der Waals surface area (Å²) < 4.78 is 6.06. The summed E-state index contributed by atoms with van der Waals surface area (Å²) >= 11 is 0. The van der Waals surface area contributed by atoms with E-state index in [2.05, 4.69) is 13.8 Å². The van der Waals surface area contributed by atoms with Crippen molar-refractivity contribution >= 4 is 5.91 Å². The smallest absolute Gasteiger partial charge is 0.253 e. The van der Waals surface area contributed by atoms with Crippen molar-refractivity contribution in [1.29, 1.82) is 0 Å². The molecule has 2 saturated carbocycles. The van der Waals surface area contributed by atoms with Crippen molar-refractivity contribution in [1.82, 2.24) is 4.90 Å². The number of rotatable bonds is 8. The van der Waals surface area contributed by atoms with Gasteiger partial charge in [-0.3, -0.25) is 4.79 Å². The molecule has 0 radical (unpaired) electrons. The second-order valence-electron chi connectivity index (χ2n) is 9.61. The van der Waals surface area contributed by atoms with Gasteiger partial charge in [0, 0.05) is 31.2 Å². The molecule has 2 aliphatic carbocycles. The van der Waals surface area contributed by atoms with Gasteiger partial charge in [-0.15, -0.1) is 0 Å². The molecule has 2 aliphatic rings. The Kier molecular flexibility index (Phi) is 8.61. The highest BCUT2D eigenvalue weighted by atomic mass is 16.5. The van der Waals surface area contributed by atoms with Crippen LogP contribution in [-0.2, 0) is 0 Å². The van der Waals surface area contributed by atoms with Crippen LogP contribution in [0, 0.1) is 23.7 Å². The van der Waals surface area contributed by atoms with E-state index in [-0.39, 0.29) is 24.5 Å². The predicted octanol–water partition coefficient (Wildman–Crippen LogP) is 5.54. The molecule has 168 valence electrons. The molecule has 1 aromatic carbocycles. The Morgan fingerprint density at radius 2 is 1.80 bits per heavy atom. The summed E-state index contributed by atoms with van der Waals surface area (Å²) in [5, 5.41) is 10.1. The number of carbonyl (C=O) groups excluding carboxylic acids is 1. The highest BCUT2D eigenvalue weighted by molar-refractivity contribution is 5.94. The van der Waals surface area contributed by atoms with Crippen LogP contribution in [-0.4, -0.2) is 42.2 Å². The van der Waals surface area contributed by atoms with E-state index in [4.69, 9.17) is 4.74 Å². The topological polar surface area (TPSA) is 49.8 Å². The lowest BCUT2D eigenvalue weighted by molar-refractivity contribution is 0.0154. The van der Waals surface area contributed by atoms with Gasteiger partial charge in [0.05, 0.1) is 6.61 Å². The van der Waals surface area contributed by atoms with Crippen molar-refractivity contribution in [3.63, 3.8) is 0 Å². The van der Waals surface area contributed by atoms with E-state index in [1.165, 1.54) is 32.1 Å². The Bertz CT molecular complexity index is 656. The molecule has 4 heteroatoms. The number of hydrogen-bond acceptors (Lipinski definition) is 3. The molecule has 0 saturated heterocycles. The Morgan fingerprint density at radius 3 is 2.47 bits per heavy atom. The molecule has 3 rings (SSSR count). The van der Waals surface area contributed by atoms with E-state index in [1.54, 1.807) is 0 Å². The van der Waals surface area contributed by atoms with Crippen LogP contribution in [0.25, 0.3) is 0 Å². The summed E-state index contributed by atoms with van der Waals surface area (Å²) in [4.78, 5) is 15.3. The van der Waals surface area contributed by atoms with Gasteiger partial charge in [0.25, 0.3) is 5.91 Å². The SMILES string of the molecule is CCC1CC(CC)C(N(C)C(=O)c2cccc(OCC3CCCCC3)c2)C(CO)C1. The molecule has 0 heterocycles. The lowest BCUT2D eigenvalue weighted by Crippen LogP contribution is -2.51. The van der Waals surface area contributed by atoms with E-state index in [1.807, 2.05) is 36.2 Å². The maximum absolute atomic E-state index is 13.4. The van der Waals surface area contributed by atoms with Gasteiger partial charge in [-0.25, -0.2) is 0 Å². The van der Waals surface area contributed by atoms with Crippen molar-refractivity contribution < 1.29 is 14.6 Å². The third-order valence-electron chi connectivity index (χ3n) is 7.63. The summed E-state index contributed by atoms with van der Waals surface area (Å²) in [6.45, 7) is 5.35. The second-order valence-corrected chi connectivity index (χ2v) is 9.61. The van der Waals surface area contributed by atoms with Gasteiger partial charge in [-0.05, 0) is 61.6 Å². The Morgan fingerprint density at radius 1 is 1.07 bits per heavy atom. The average molecular weight is 416 g/mol. The molecule has 4 atom stereocenters. The van der Waals surface area contributed by atoms with Crippen LogP contribution in [0.2, 0.25) is 0 Å². The third-order valence-corrected chi connectivity index (χ3v) is 7.63. The minimum atomic E-state index is 0.0370. The first-order valence-electron chi connectivity index (χ1n) is 12.2. The van der Waals surface area contributed by atoms with Crippen LogP contribution in [0.1, 0.15) is 82.0 Å². The van der Waals surface area contributed by atoms with Gasteiger partial charge in [0.1, 0.15) is 5.75 Å². The maximum atomic E-state index is 13.4. The van der Waals surface area contributed by atoms with Crippen LogP contribution < -0.4 is 4.74 Å². The summed E-state index contributed by atoms with van der Waals surface area (Å²) in [6.07, 6.45) is 10.8. The fourth-order valence-electron chi connectivity index (χ4n) is 5.80. The molecule has 30 heavy (non-hydrogen) atoms. The fraction of sp³-hybridized carbons (Fsp3) is 0.731. The molecule has 0 spiro atoms. The zero-order valence-corrected chi connectivity index (χ0v) is 19.2. The molecular weight excluding hydrogens is 374 g/mol. The number of hydrogen-bond donors (Lipinski definition) is 1. The van der Waals surface area contributed by atoms with E-state index >= 15 is 0 Å². The van der Waals surface area contributed by atoms with Crippen molar-refractivity contribution in [3.05, 3.63) is 29.8 Å². The maximum Gasteiger partial charge on any atom is 0.253 e. The molecule has 0 aromatic heterocycles. The highest BCUT2D eigenvalue weighted by Gasteiger charge is 2.40. The standard InChI is InChI=1S/C26H41NO3/c1-4-19-14-21(5-2)25(23(15-19)17-28)27(3)26(29)22-12-9-13-24(16-22)30-18-20-10-7-6-8-11-20/h9,12-13,16,19-21,23,25,28H,4-8,10-11,14-15,17-18H2,1-3H3. The van der Waals surface area contributed by atoms with Gasteiger partial charge < -0.3 is 14.7 Å². The number of benzene rings is 1. The lowest BCUT2D eigenvalue weighted by Gasteiger charge is -2.45. The van der Waals surface area contributed by atoms with Crippen molar-refractivity contribution in [2.24, 2.45) is 23.7 Å². The number of amides is 1. The van der Waals surface area contributed by atoms with Crippen LogP contribution in [0.3, 0.4) is 0 Å². The van der Waals surface area contributed by atoms with Gasteiger partial charge in [-0.1, -0.05) is 52.0 Å². The first-order valence-corrected chi connectivity index (χ1v) is 12.2. The Labute approximate surface area is 183 Å². The quantitative estimate of drug-likeness (QED) is 0.606. The lowest BCUT2D eigenvalue weighted by atomic mass is 9.69. The Hall–Kier alpha value is -1.55. The van der Waals surface area contributed by atoms with Gasteiger partial charge in [0.15, 0.2) is 0 Å². The summed E-state index contributed by atoms with van der Waals surface area (Å²) in [5.41, 5.74) is 0.683.